The first-order valence-electron chi connectivity index (χ1n) is 14.2. The lowest BCUT2D eigenvalue weighted by Crippen LogP contribution is -2.65. The van der Waals surface area contributed by atoms with Gasteiger partial charge in [0.05, 0.1) is 18.2 Å². The summed E-state index contributed by atoms with van der Waals surface area (Å²) in [6, 6.07) is 8.68. The molecule has 2 aromatic carbocycles. The molecule has 0 radical (unpaired) electrons. The van der Waals surface area contributed by atoms with Gasteiger partial charge in [-0.05, 0) is 88.9 Å². The number of phenols is 1. The van der Waals surface area contributed by atoms with E-state index < -0.39 is 58.0 Å². The van der Waals surface area contributed by atoms with E-state index in [4.69, 9.17) is 5.73 Å². The van der Waals surface area contributed by atoms with Crippen LogP contribution in [0.5, 0.6) is 5.75 Å². The van der Waals surface area contributed by atoms with Crippen molar-refractivity contribution in [3.8, 4) is 17.6 Å². The van der Waals surface area contributed by atoms with Crippen molar-refractivity contribution in [3.05, 3.63) is 75.6 Å². The molecule has 0 aliphatic heterocycles. The summed E-state index contributed by atoms with van der Waals surface area (Å²) in [5, 5.41) is 47.6. The van der Waals surface area contributed by atoms with Gasteiger partial charge in [-0.15, -0.1) is 0 Å². The van der Waals surface area contributed by atoms with Crippen LogP contribution in [0.25, 0.3) is 5.76 Å². The van der Waals surface area contributed by atoms with Gasteiger partial charge in [0.15, 0.2) is 11.4 Å². The molecule has 5 rings (SSSR count). The molecule has 0 heterocycles. The Hall–Kier alpha value is -4.96. The van der Waals surface area contributed by atoms with Crippen LogP contribution in [-0.4, -0.2) is 100.0 Å². The minimum absolute atomic E-state index is 0.0186. The molecule has 0 unspecified atom stereocenters. The number of anilines is 1. The van der Waals surface area contributed by atoms with Gasteiger partial charge in [-0.3, -0.25) is 24.1 Å². The van der Waals surface area contributed by atoms with Crippen molar-refractivity contribution < 1.29 is 39.6 Å². The van der Waals surface area contributed by atoms with Crippen LogP contribution in [0.15, 0.2) is 53.3 Å². The molecule has 0 spiro atoms. The quantitative estimate of drug-likeness (QED) is 0.208. The smallest absolute Gasteiger partial charge is 0.255 e. The Bertz CT molecular complexity index is 1760. The Kier molecular flexibility index (Phi) is 8.05. The van der Waals surface area contributed by atoms with Gasteiger partial charge < -0.3 is 36.4 Å². The average Bonchev–Trinajstić information content (AvgIpc) is 2.94. The molecule has 45 heavy (non-hydrogen) atoms. The summed E-state index contributed by atoms with van der Waals surface area (Å²) < 4.78 is 0. The first-order chi connectivity index (χ1) is 21.2. The largest absolute Gasteiger partial charge is 0.508 e. The molecule has 2 amide bonds. The number of aliphatic hydroxyl groups excluding tert-OH is 2. The van der Waals surface area contributed by atoms with Gasteiger partial charge in [-0.1, -0.05) is 11.8 Å². The number of carbonyl (C=O) groups excluding carboxylic acids is 4. The number of benzene rings is 2. The van der Waals surface area contributed by atoms with Crippen LogP contribution in [0, 0.1) is 23.7 Å². The maximum absolute atomic E-state index is 14.0. The maximum Gasteiger partial charge on any atom is 0.255 e. The van der Waals surface area contributed by atoms with Gasteiger partial charge in [0, 0.05) is 28.3 Å². The molecule has 12 heteroatoms. The van der Waals surface area contributed by atoms with Gasteiger partial charge in [0.1, 0.15) is 22.8 Å². The SMILES string of the molecule is CN(C)CC(=O)Nc1ccc(C#Cc2ccc(O)c3c2C[C@@H]2C[C@H]4[C@@H](N(C)C)C(=O)C(C(N)=O)=C(O)[C@@]4(O)C(=O)C2=C3O)cc1. The second kappa shape index (κ2) is 11.5. The van der Waals surface area contributed by atoms with Crippen molar-refractivity contribution in [3.63, 3.8) is 0 Å². The number of amides is 2. The zero-order valence-corrected chi connectivity index (χ0v) is 25.2. The van der Waals surface area contributed by atoms with E-state index in [-0.39, 0.29) is 42.2 Å². The van der Waals surface area contributed by atoms with Gasteiger partial charge >= 0.3 is 0 Å². The number of ketones is 2. The van der Waals surface area contributed by atoms with Crippen LogP contribution in [0.2, 0.25) is 0 Å². The Labute approximate surface area is 259 Å². The molecule has 0 saturated heterocycles. The number of aromatic hydroxyl groups is 1. The van der Waals surface area contributed by atoms with E-state index >= 15 is 0 Å². The van der Waals surface area contributed by atoms with E-state index in [1.165, 1.54) is 11.0 Å². The lowest BCUT2D eigenvalue weighted by atomic mass is 9.57. The van der Waals surface area contributed by atoms with E-state index in [1.807, 2.05) is 0 Å². The number of primary amides is 1. The fraction of sp³-hybridized carbons (Fsp3) is 0.333. The predicted molar refractivity (Wildman–Crippen MR) is 164 cm³/mol. The number of fused-ring (bicyclic) bond motifs is 3. The van der Waals surface area contributed by atoms with Crippen LogP contribution in [0.1, 0.15) is 28.7 Å². The molecule has 3 aliphatic rings. The summed E-state index contributed by atoms with van der Waals surface area (Å²) in [6.07, 6.45) is 0.110. The lowest BCUT2D eigenvalue weighted by Gasteiger charge is -2.50. The Morgan fingerprint density at radius 2 is 1.69 bits per heavy atom. The van der Waals surface area contributed by atoms with E-state index in [0.29, 0.717) is 22.4 Å². The highest BCUT2D eigenvalue weighted by Gasteiger charge is 2.64. The van der Waals surface area contributed by atoms with E-state index in [1.54, 1.807) is 63.4 Å². The van der Waals surface area contributed by atoms with E-state index in [0.717, 1.165) is 0 Å². The normalized spacial score (nSPS) is 24.1. The third kappa shape index (κ3) is 5.25. The second-order valence-corrected chi connectivity index (χ2v) is 12.1. The van der Waals surface area contributed by atoms with Gasteiger partial charge in [0.2, 0.25) is 11.7 Å². The summed E-state index contributed by atoms with van der Waals surface area (Å²) in [5.41, 5.74) is 3.75. The monoisotopic (exact) mass is 614 g/mol. The van der Waals surface area contributed by atoms with Crippen molar-refractivity contribution in [1.29, 1.82) is 0 Å². The summed E-state index contributed by atoms with van der Waals surface area (Å²) in [7, 11) is 6.68. The standard InChI is InChI=1S/C33H34N4O8/c1-36(2)15-23(39)35-19-10-6-16(7-11-19)5-8-17-9-12-22(38)25-20(17)13-18-14-21-27(37(3)4)29(41)26(32(34)44)31(43)33(21,45)30(42)24(18)28(25)40/h6-7,9-12,18,21,27,38,40,43,45H,13-15H2,1-4H3,(H2,34,44)(H,35,39)/t18-,21+,27-,33+/m1/s1. The Morgan fingerprint density at radius 3 is 2.29 bits per heavy atom. The summed E-state index contributed by atoms with van der Waals surface area (Å²) in [5.74, 6) is -1.12. The molecule has 1 saturated carbocycles. The Morgan fingerprint density at radius 1 is 1.02 bits per heavy atom. The molecule has 2 aromatic rings. The lowest BCUT2D eigenvalue weighted by molar-refractivity contribution is -0.153. The zero-order chi connectivity index (χ0) is 33.0. The number of hydrogen-bond donors (Lipinski definition) is 6. The number of likely N-dealkylation sites (N-methyl/N-ethyl adjacent to an activating group) is 2. The number of phenolic OH excluding ortho intramolecular Hbond substituents is 1. The highest BCUT2D eigenvalue weighted by molar-refractivity contribution is 6.24. The number of hydrogen-bond acceptors (Lipinski definition) is 10. The first-order valence-corrected chi connectivity index (χ1v) is 14.2. The number of aliphatic hydroxyl groups is 3. The number of nitrogens with one attached hydrogen (secondary N) is 1. The number of nitrogens with two attached hydrogens (primary N) is 1. The highest BCUT2D eigenvalue weighted by atomic mass is 16.3. The van der Waals surface area contributed by atoms with Crippen LogP contribution in [0.3, 0.4) is 0 Å². The number of nitrogens with zero attached hydrogens (tertiary/aromatic N) is 2. The fourth-order valence-corrected chi connectivity index (χ4v) is 6.63. The topological polar surface area (TPSA) is 194 Å². The van der Waals surface area contributed by atoms with Gasteiger partial charge in [-0.2, -0.15) is 0 Å². The molecular weight excluding hydrogens is 580 g/mol. The van der Waals surface area contributed by atoms with Crippen molar-refractivity contribution in [1.82, 2.24) is 9.80 Å². The first kappa shape index (κ1) is 31.5. The molecule has 4 atom stereocenters. The minimum atomic E-state index is -2.70. The Balaban J connectivity index is 1.54. The zero-order valence-electron chi connectivity index (χ0n) is 25.2. The molecule has 234 valence electrons. The van der Waals surface area contributed by atoms with Crippen molar-refractivity contribution in [2.75, 3.05) is 40.1 Å². The maximum atomic E-state index is 14.0. The molecule has 0 bridgehead atoms. The van der Waals surface area contributed by atoms with Gasteiger partial charge in [-0.25, -0.2) is 0 Å². The molecule has 1 fully saturated rings. The number of Topliss-reactive ketones (excluding diaryl/α,β-unsaturated/α-hetero) is 2. The minimum Gasteiger partial charge on any atom is -0.508 e. The number of carbonyl (C=O) groups is 4. The van der Waals surface area contributed by atoms with Crippen LogP contribution >= 0.6 is 0 Å². The molecule has 7 N–H and O–H groups in total. The summed E-state index contributed by atoms with van der Waals surface area (Å²) >= 11 is 0. The number of rotatable bonds is 5. The fourth-order valence-electron chi connectivity index (χ4n) is 6.63. The van der Waals surface area contributed by atoms with Gasteiger partial charge in [0.25, 0.3) is 5.91 Å². The third-order valence-corrected chi connectivity index (χ3v) is 8.57. The second-order valence-electron chi connectivity index (χ2n) is 12.1. The molecule has 0 aromatic heterocycles. The van der Waals surface area contributed by atoms with E-state index in [9.17, 15) is 39.6 Å². The van der Waals surface area contributed by atoms with E-state index in [2.05, 4.69) is 17.2 Å². The van der Waals surface area contributed by atoms with Crippen molar-refractivity contribution in [2.24, 2.45) is 17.6 Å². The van der Waals surface area contributed by atoms with Crippen LogP contribution < -0.4 is 11.1 Å². The molecule has 12 nitrogen and oxygen atoms in total. The molecule has 3 aliphatic carbocycles. The van der Waals surface area contributed by atoms with Crippen molar-refractivity contribution >= 4 is 34.8 Å². The molecular formula is C33H34N4O8. The van der Waals surface area contributed by atoms with Crippen LogP contribution in [0.4, 0.5) is 5.69 Å². The predicted octanol–water partition coefficient (Wildman–Crippen LogP) is 0.864. The summed E-state index contributed by atoms with van der Waals surface area (Å²) in [4.78, 5) is 54.6. The third-order valence-electron chi connectivity index (χ3n) is 8.57. The summed E-state index contributed by atoms with van der Waals surface area (Å²) in [6.45, 7) is 0.238. The van der Waals surface area contributed by atoms with Crippen LogP contribution in [-0.2, 0) is 25.6 Å². The highest BCUT2D eigenvalue weighted by Crippen LogP contribution is 2.52. The van der Waals surface area contributed by atoms with Crippen molar-refractivity contribution in [2.45, 2.75) is 24.5 Å². The average molecular weight is 615 g/mol.